The van der Waals surface area contributed by atoms with E-state index in [1.54, 1.807) is 12.1 Å². The molecule has 0 amide bonds. The fourth-order valence-electron chi connectivity index (χ4n) is 1.22. The van der Waals surface area contributed by atoms with Crippen LogP contribution in [0, 0.1) is 5.82 Å². The molecule has 0 aliphatic heterocycles. The Hall–Kier alpha value is -1.09. The molecule has 2 nitrogen and oxygen atoms in total. The molecule has 0 radical (unpaired) electrons. The molecule has 0 unspecified atom stereocenters. The van der Waals surface area contributed by atoms with Gasteiger partial charge in [-0.2, -0.15) is 0 Å². The highest BCUT2D eigenvalue weighted by Crippen LogP contribution is 2.23. The summed E-state index contributed by atoms with van der Waals surface area (Å²) in [5.74, 6) is 0.521. The molecular weight excluding hydrogens is 183 g/mol. The predicted octanol–water partition coefficient (Wildman–Crippen LogP) is 2.32. The van der Waals surface area contributed by atoms with Crippen LogP contribution >= 0.6 is 0 Å². The third kappa shape index (κ3) is 2.70. The number of ether oxygens (including phenoxy) is 1. The summed E-state index contributed by atoms with van der Waals surface area (Å²) < 4.78 is 18.4. The van der Waals surface area contributed by atoms with Crippen LogP contribution in [-0.2, 0) is 0 Å². The molecule has 0 spiro atoms. The lowest BCUT2D eigenvalue weighted by molar-refractivity contribution is 0.201. The maximum atomic E-state index is 13.2. The number of aliphatic hydroxyl groups excluding tert-OH is 1. The molecule has 1 aromatic carbocycles. The predicted molar refractivity (Wildman–Crippen MR) is 53.1 cm³/mol. The molecule has 0 saturated heterocycles. The molecule has 0 saturated carbocycles. The van der Waals surface area contributed by atoms with Crippen molar-refractivity contribution >= 4 is 0 Å². The topological polar surface area (TPSA) is 29.5 Å². The van der Waals surface area contributed by atoms with E-state index in [1.165, 1.54) is 6.07 Å². The van der Waals surface area contributed by atoms with Crippen LogP contribution in [0.5, 0.6) is 5.75 Å². The van der Waals surface area contributed by atoms with Gasteiger partial charge < -0.3 is 9.84 Å². The van der Waals surface area contributed by atoms with Crippen LogP contribution in [0.1, 0.15) is 25.3 Å². The van der Waals surface area contributed by atoms with Gasteiger partial charge in [0.25, 0.3) is 0 Å². The first-order chi connectivity index (χ1) is 6.65. The quantitative estimate of drug-likeness (QED) is 0.804. The Kier molecular flexibility index (Phi) is 3.89. The molecule has 0 fully saturated rings. The van der Waals surface area contributed by atoms with E-state index in [4.69, 9.17) is 9.84 Å². The van der Waals surface area contributed by atoms with E-state index in [9.17, 15) is 4.39 Å². The van der Waals surface area contributed by atoms with Crippen LogP contribution in [0.15, 0.2) is 18.2 Å². The molecule has 0 bridgehead atoms. The highest BCUT2D eigenvalue weighted by Gasteiger charge is 2.07. The van der Waals surface area contributed by atoms with Crippen LogP contribution < -0.4 is 4.74 Å². The smallest absolute Gasteiger partial charge is 0.126 e. The molecule has 0 heterocycles. The van der Waals surface area contributed by atoms with Crippen molar-refractivity contribution in [3.8, 4) is 5.75 Å². The highest BCUT2D eigenvalue weighted by molar-refractivity contribution is 5.31. The van der Waals surface area contributed by atoms with Gasteiger partial charge in [-0.1, -0.05) is 13.8 Å². The second-order valence-electron chi connectivity index (χ2n) is 3.41. The number of hydrogen-bond acceptors (Lipinski definition) is 2. The van der Waals surface area contributed by atoms with Crippen molar-refractivity contribution in [3.05, 3.63) is 29.6 Å². The van der Waals surface area contributed by atoms with E-state index in [2.05, 4.69) is 0 Å². The first kappa shape index (κ1) is 11.0. The third-order valence-corrected chi connectivity index (χ3v) is 1.95. The summed E-state index contributed by atoms with van der Waals surface area (Å²) in [7, 11) is 0. The lowest BCUT2D eigenvalue weighted by Gasteiger charge is -2.10. The number of rotatable bonds is 4. The summed E-state index contributed by atoms with van der Waals surface area (Å²) in [4.78, 5) is 0. The summed E-state index contributed by atoms with van der Waals surface area (Å²) >= 11 is 0. The van der Waals surface area contributed by atoms with Gasteiger partial charge in [-0.3, -0.25) is 0 Å². The minimum atomic E-state index is -0.212. The number of benzene rings is 1. The van der Waals surface area contributed by atoms with Crippen LogP contribution in [0.4, 0.5) is 4.39 Å². The Morgan fingerprint density at radius 3 is 2.71 bits per heavy atom. The van der Waals surface area contributed by atoms with E-state index in [0.717, 1.165) is 0 Å². The zero-order valence-electron chi connectivity index (χ0n) is 8.46. The molecule has 1 rings (SSSR count). The Labute approximate surface area is 83.3 Å². The Morgan fingerprint density at radius 1 is 1.43 bits per heavy atom. The Balaban J connectivity index is 2.83. The third-order valence-electron chi connectivity index (χ3n) is 1.95. The Morgan fingerprint density at radius 2 is 2.14 bits per heavy atom. The van der Waals surface area contributed by atoms with Crippen molar-refractivity contribution in [2.75, 3.05) is 13.2 Å². The van der Waals surface area contributed by atoms with Gasteiger partial charge in [0.2, 0.25) is 0 Å². The van der Waals surface area contributed by atoms with E-state index >= 15 is 0 Å². The molecule has 14 heavy (non-hydrogen) atoms. The van der Waals surface area contributed by atoms with Crippen molar-refractivity contribution in [2.45, 2.75) is 19.8 Å². The molecule has 1 N–H and O–H groups in total. The van der Waals surface area contributed by atoms with Gasteiger partial charge in [0.1, 0.15) is 18.2 Å². The molecule has 0 aromatic heterocycles. The molecule has 3 heteroatoms. The van der Waals surface area contributed by atoms with E-state index in [1.807, 2.05) is 13.8 Å². The van der Waals surface area contributed by atoms with E-state index in [-0.39, 0.29) is 24.9 Å². The molecule has 78 valence electrons. The van der Waals surface area contributed by atoms with Gasteiger partial charge in [-0.15, -0.1) is 0 Å². The lowest BCUT2D eigenvalue weighted by atomic mass is 10.0. The fourth-order valence-corrected chi connectivity index (χ4v) is 1.22. The molecular formula is C11H15FO2. The number of halogens is 1. The van der Waals surface area contributed by atoms with Gasteiger partial charge >= 0.3 is 0 Å². The van der Waals surface area contributed by atoms with Gasteiger partial charge in [-0.25, -0.2) is 4.39 Å². The maximum Gasteiger partial charge on any atom is 0.126 e. The van der Waals surface area contributed by atoms with Crippen LogP contribution in [0.25, 0.3) is 0 Å². The largest absolute Gasteiger partial charge is 0.491 e. The monoisotopic (exact) mass is 198 g/mol. The van der Waals surface area contributed by atoms with Crippen LogP contribution in [0.2, 0.25) is 0 Å². The molecule has 0 atom stereocenters. The molecule has 1 aromatic rings. The summed E-state index contributed by atoms with van der Waals surface area (Å²) in [5, 5.41) is 8.56. The van der Waals surface area contributed by atoms with Crippen molar-refractivity contribution in [3.63, 3.8) is 0 Å². The normalized spacial score (nSPS) is 10.6. The first-order valence-electron chi connectivity index (χ1n) is 4.68. The van der Waals surface area contributed by atoms with Crippen molar-refractivity contribution in [2.24, 2.45) is 0 Å². The van der Waals surface area contributed by atoms with Crippen LogP contribution in [0.3, 0.4) is 0 Å². The average molecular weight is 198 g/mol. The second kappa shape index (κ2) is 4.96. The van der Waals surface area contributed by atoms with Gasteiger partial charge in [0.15, 0.2) is 0 Å². The number of aliphatic hydroxyl groups is 1. The van der Waals surface area contributed by atoms with Crippen molar-refractivity contribution in [1.29, 1.82) is 0 Å². The summed E-state index contributed by atoms with van der Waals surface area (Å²) in [5.41, 5.74) is 0.639. The van der Waals surface area contributed by atoms with E-state index in [0.29, 0.717) is 11.3 Å². The average Bonchev–Trinajstić information content (AvgIpc) is 2.16. The zero-order valence-corrected chi connectivity index (χ0v) is 8.46. The van der Waals surface area contributed by atoms with E-state index < -0.39 is 0 Å². The summed E-state index contributed by atoms with van der Waals surface area (Å²) in [6.45, 7) is 4.06. The second-order valence-corrected chi connectivity index (χ2v) is 3.41. The van der Waals surface area contributed by atoms with Gasteiger partial charge in [0.05, 0.1) is 6.61 Å². The lowest BCUT2D eigenvalue weighted by Crippen LogP contribution is -2.02. The summed E-state index contributed by atoms with van der Waals surface area (Å²) in [6, 6.07) is 4.63. The fraction of sp³-hybridized carbons (Fsp3) is 0.455. The van der Waals surface area contributed by atoms with Gasteiger partial charge in [-0.05, 0) is 29.7 Å². The first-order valence-corrected chi connectivity index (χ1v) is 4.68. The molecule has 0 aliphatic rings. The maximum absolute atomic E-state index is 13.2. The van der Waals surface area contributed by atoms with Crippen molar-refractivity contribution < 1.29 is 14.2 Å². The highest BCUT2D eigenvalue weighted by atomic mass is 19.1. The summed E-state index contributed by atoms with van der Waals surface area (Å²) in [6.07, 6.45) is 0. The SMILES string of the molecule is CC(C)c1cc(OCCO)ccc1F. The van der Waals surface area contributed by atoms with Crippen molar-refractivity contribution in [1.82, 2.24) is 0 Å². The zero-order chi connectivity index (χ0) is 10.6. The minimum Gasteiger partial charge on any atom is -0.491 e. The minimum absolute atomic E-state index is 0.0333. The Bertz CT molecular complexity index is 297. The standard InChI is InChI=1S/C11H15FO2/c1-8(2)10-7-9(14-6-5-13)3-4-11(10)12/h3-4,7-8,13H,5-6H2,1-2H3. The molecule has 0 aliphatic carbocycles. The van der Waals surface area contributed by atoms with Gasteiger partial charge in [0, 0.05) is 0 Å². The van der Waals surface area contributed by atoms with Crippen LogP contribution in [-0.4, -0.2) is 18.3 Å². The number of hydrogen-bond donors (Lipinski definition) is 1.